The zero-order valence-electron chi connectivity index (χ0n) is 14.0. The molecule has 2 rings (SSSR count). The lowest BCUT2D eigenvalue weighted by molar-refractivity contribution is -0.139. The largest absolute Gasteiger partial charge is 0.508 e. The molecule has 0 aromatic heterocycles. The number of aromatic hydroxyl groups is 1. The van der Waals surface area contributed by atoms with Crippen LogP contribution in [-0.4, -0.2) is 79.3 Å². The molecule has 1 atom stereocenters. The van der Waals surface area contributed by atoms with E-state index < -0.39 is 16.3 Å². The van der Waals surface area contributed by atoms with Crippen LogP contribution in [-0.2, 0) is 15.0 Å². The minimum atomic E-state index is -3.45. The van der Waals surface area contributed by atoms with E-state index in [1.54, 1.807) is 24.0 Å². The third kappa shape index (κ3) is 4.16. The minimum Gasteiger partial charge on any atom is -0.508 e. The van der Waals surface area contributed by atoms with Gasteiger partial charge in [-0.1, -0.05) is 0 Å². The van der Waals surface area contributed by atoms with Gasteiger partial charge in [-0.05, 0) is 31.2 Å². The topological polar surface area (TPSA) is 90.4 Å². The summed E-state index contributed by atoms with van der Waals surface area (Å²) in [5, 5.41) is 9.25. The zero-order chi connectivity index (χ0) is 17.9. The first-order chi connectivity index (χ1) is 11.2. The van der Waals surface area contributed by atoms with Crippen molar-refractivity contribution in [2.24, 2.45) is 0 Å². The van der Waals surface area contributed by atoms with Crippen molar-refractivity contribution in [1.29, 1.82) is 0 Å². The molecule has 1 amide bonds. The van der Waals surface area contributed by atoms with Gasteiger partial charge in [-0.15, -0.1) is 0 Å². The van der Waals surface area contributed by atoms with Crippen LogP contribution in [0.4, 0.5) is 0 Å². The third-order valence-corrected chi connectivity index (χ3v) is 5.78. The summed E-state index contributed by atoms with van der Waals surface area (Å²) in [4.78, 5) is 14.0. The average molecular weight is 357 g/mol. The fraction of sp³-hybridized carbons (Fsp3) is 0.533. The molecule has 1 unspecified atom stereocenters. The van der Waals surface area contributed by atoms with Crippen LogP contribution < -0.4 is 4.74 Å². The Morgan fingerprint density at radius 2 is 1.71 bits per heavy atom. The van der Waals surface area contributed by atoms with Crippen LogP contribution in [0.25, 0.3) is 0 Å². The van der Waals surface area contributed by atoms with Gasteiger partial charge in [-0.3, -0.25) is 4.79 Å². The molecular formula is C15H23N3O5S. The van der Waals surface area contributed by atoms with Gasteiger partial charge in [0.15, 0.2) is 6.10 Å². The number of phenolic OH excluding ortho intramolecular Hbond substituents is 1. The Hall–Kier alpha value is -1.84. The van der Waals surface area contributed by atoms with Crippen LogP contribution in [0.3, 0.4) is 0 Å². The summed E-state index contributed by atoms with van der Waals surface area (Å²) in [6, 6.07) is 6.14. The lowest BCUT2D eigenvalue weighted by Crippen LogP contribution is -2.55. The van der Waals surface area contributed by atoms with E-state index in [1.807, 2.05) is 0 Å². The first kappa shape index (κ1) is 18.5. The van der Waals surface area contributed by atoms with Crippen molar-refractivity contribution in [2.45, 2.75) is 13.0 Å². The molecule has 1 aliphatic rings. The van der Waals surface area contributed by atoms with Crippen LogP contribution >= 0.6 is 0 Å². The fourth-order valence-electron chi connectivity index (χ4n) is 2.41. The molecule has 1 aromatic carbocycles. The molecule has 134 valence electrons. The van der Waals surface area contributed by atoms with Gasteiger partial charge in [0, 0.05) is 40.3 Å². The molecule has 1 N–H and O–H groups in total. The average Bonchev–Trinajstić information content (AvgIpc) is 2.56. The summed E-state index contributed by atoms with van der Waals surface area (Å²) in [5.74, 6) is 0.423. The Kier molecular flexibility index (Phi) is 5.68. The number of phenols is 1. The Balaban J connectivity index is 1.91. The van der Waals surface area contributed by atoms with Gasteiger partial charge in [0.05, 0.1) is 0 Å². The molecule has 0 bridgehead atoms. The van der Waals surface area contributed by atoms with E-state index in [0.717, 1.165) is 0 Å². The molecule has 0 saturated carbocycles. The summed E-state index contributed by atoms with van der Waals surface area (Å²) in [7, 11) is -0.475. The minimum absolute atomic E-state index is 0.125. The Morgan fingerprint density at radius 1 is 1.17 bits per heavy atom. The van der Waals surface area contributed by atoms with Gasteiger partial charge in [0.25, 0.3) is 16.1 Å². The molecule has 1 fully saturated rings. The summed E-state index contributed by atoms with van der Waals surface area (Å²) in [5.41, 5.74) is 0. The highest BCUT2D eigenvalue weighted by Gasteiger charge is 2.32. The standard InChI is InChI=1S/C15H23N3O5S/c1-12(23-14-6-4-13(19)5-7-14)15(20)17-8-10-18(11-9-17)24(21,22)16(2)3/h4-7,12,19H,8-11H2,1-3H3. The number of carbonyl (C=O) groups is 1. The molecule has 9 heteroatoms. The number of hydrogen-bond acceptors (Lipinski definition) is 5. The predicted molar refractivity (Wildman–Crippen MR) is 89.0 cm³/mol. The van der Waals surface area contributed by atoms with Crippen molar-refractivity contribution in [3.05, 3.63) is 24.3 Å². The molecule has 0 radical (unpaired) electrons. The third-order valence-electron chi connectivity index (χ3n) is 3.84. The van der Waals surface area contributed by atoms with Crippen LogP contribution in [0.5, 0.6) is 11.5 Å². The Labute approximate surface area is 142 Å². The second-order valence-corrected chi connectivity index (χ2v) is 7.91. The van der Waals surface area contributed by atoms with Crippen molar-refractivity contribution >= 4 is 16.1 Å². The van der Waals surface area contributed by atoms with Crippen LogP contribution in [0.15, 0.2) is 24.3 Å². The molecule has 0 spiro atoms. The molecule has 1 saturated heterocycles. The van der Waals surface area contributed by atoms with Crippen LogP contribution in [0, 0.1) is 0 Å². The summed E-state index contributed by atoms with van der Waals surface area (Å²) in [6.45, 7) is 2.83. The molecular weight excluding hydrogens is 334 g/mol. The number of benzene rings is 1. The first-order valence-corrected chi connectivity index (χ1v) is 9.03. The number of hydrogen-bond donors (Lipinski definition) is 1. The lowest BCUT2D eigenvalue weighted by Gasteiger charge is -2.36. The Bertz CT molecular complexity index is 667. The maximum Gasteiger partial charge on any atom is 0.281 e. The number of nitrogens with zero attached hydrogens (tertiary/aromatic N) is 3. The lowest BCUT2D eigenvalue weighted by atomic mass is 10.2. The summed E-state index contributed by atoms with van der Waals surface area (Å²) >= 11 is 0. The second kappa shape index (κ2) is 7.37. The van der Waals surface area contributed by atoms with E-state index in [0.29, 0.717) is 18.8 Å². The van der Waals surface area contributed by atoms with E-state index >= 15 is 0 Å². The van der Waals surface area contributed by atoms with Gasteiger partial charge < -0.3 is 14.7 Å². The van der Waals surface area contributed by atoms with Gasteiger partial charge in [-0.25, -0.2) is 0 Å². The van der Waals surface area contributed by atoms with Crippen molar-refractivity contribution in [2.75, 3.05) is 40.3 Å². The molecule has 24 heavy (non-hydrogen) atoms. The SMILES string of the molecule is CC(Oc1ccc(O)cc1)C(=O)N1CCN(S(=O)(=O)N(C)C)CC1. The molecule has 0 aliphatic carbocycles. The monoisotopic (exact) mass is 357 g/mol. The van der Waals surface area contributed by atoms with E-state index in [-0.39, 0.29) is 24.7 Å². The van der Waals surface area contributed by atoms with Gasteiger partial charge in [0.2, 0.25) is 0 Å². The highest BCUT2D eigenvalue weighted by atomic mass is 32.2. The van der Waals surface area contributed by atoms with E-state index in [9.17, 15) is 18.3 Å². The number of carbonyl (C=O) groups excluding carboxylic acids is 1. The van der Waals surface area contributed by atoms with Crippen LogP contribution in [0.1, 0.15) is 6.92 Å². The first-order valence-electron chi connectivity index (χ1n) is 7.64. The maximum absolute atomic E-state index is 12.4. The second-order valence-electron chi connectivity index (χ2n) is 5.77. The smallest absolute Gasteiger partial charge is 0.281 e. The Morgan fingerprint density at radius 3 is 2.21 bits per heavy atom. The van der Waals surface area contributed by atoms with Gasteiger partial charge in [-0.2, -0.15) is 17.0 Å². The van der Waals surface area contributed by atoms with Crippen molar-refractivity contribution in [3.63, 3.8) is 0 Å². The highest BCUT2D eigenvalue weighted by Crippen LogP contribution is 2.18. The maximum atomic E-state index is 12.4. The van der Waals surface area contributed by atoms with E-state index in [4.69, 9.17) is 4.74 Å². The number of piperazine rings is 1. The summed E-state index contributed by atoms with van der Waals surface area (Å²) < 4.78 is 32.2. The molecule has 1 heterocycles. The molecule has 1 aromatic rings. The predicted octanol–water partition coefficient (Wildman–Crippen LogP) is 0.110. The zero-order valence-corrected chi connectivity index (χ0v) is 14.9. The van der Waals surface area contributed by atoms with Crippen molar-refractivity contribution in [1.82, 2.24) is 13.5 Å². The van der Waals surface area contributed by atoms with Gasteiger partial charge >= 0.3 is 0 Å². The fourth-order valence-corrected chi connectivity index (χ4v) is 3.49. The normalized spacial score (nSPS) is 17.8. The summed E-state index contributed by atoms with van der Waals surface area (Å²) in [6.07, 6.45) is -0.688. The quantitative estimate of drug-likeness (QED) is 0.808. The van der Waals surface area contributed by atoms with Crippen molar-refractivity contribution < 1.29 is 23.1 Å². The molecule has 1 aliphatic heterocycles. The van der Waals surface area contributed by atoms with Crippen molar-refractivity contribution in [3.8, 4) is 11.5 Å². The van der Waals surface area contributed by atoms with E-state index in [2.05, 4.69) is 0 Å². The highest BCUT2D eigenvalue weighted by molar-refractivity contribution is 7.86. The molecule has 8 nitrogen and oxygen atoms in total. The van der Waals surface area contributed by atoms with Gasteiger partial charge in [0.1, 0.15) is 11.5 Å². The number of rotatable bonds is 5. The number of ether oxygens (including phenoxy) is 1. The van der Waals surface area contributed by atoms with E-state index in [1.165, 1.54) is 34.8 Å². The van der Waals surface area contributed by atoms with Crippen LogP contribution in [0.2, 0.25) is 0 Å². The number of amides is 1.